The molecule has 0 saturated heterocycles. The van der Waals surface area contributed by atoms with Gasteiger partial charge in [0.25, 0.3) is 0 Å². The van der Waals surface area contributed by atoms with Gasteiger partial charge in [0.1, 0.15) is 5.82 Å². The number of amides is 1. The molecule has 0 spiro atoms. The first-order valence-electron chi connectivity index (χ1n) is 9.06. The standard InChI is InChI=1S/C18H28N6O/c1-12(2)10-24-14(4)16(13(3)21-24)6-7-18(25)22-8-9-23-15(5)19-20-17(23)11-22/h12H,6-11H2,1-5H3. The number of nitrogens with zero attached hydrogens (tertiary/aromatic N) is 6. The van der Waals surface area contributed by atoms with Crippen LogP contribution in [0.1, 0.15) is 48.9 Å². The minimum Gasteiger partial charge on any atom is -0.333 e. The summed E-state index contributed by atoms with van der Waals surface area (Å²) in [6.45, 7) is 13.5. The van der Waals surface area contributed by atoms with Gasteiger partial charge in [-0.3, -0.25) is 9.48 Å². The molecule has 2 aromatic heterocycles. The summed E-state index contributed by atoms with van der Waals surface area (Å²) in [5, 5.41) is 12.9. The van der Waals surface area contributed by atoms with E-state index < -0.39 is 0 Å². The second-order valence-electron chi connectivity index (χ2n) is 7.36. The summed E-state index contributed by atoms with van der Waals surface area (Å²) in [7, 11) is 0. The lowest BCUT2D eigenvalue weighted by atomic mass is 10.1. The Balaban J connectivity index is 1.62. The average molecular weight is 344 g/mol. The van der Waals surface area contributed by atoms with Crippen molar-refractivity contribution in [2.45, 2.75) is 67.1 Å². The molecule has 7 heteroatoms. The van der Waals surface area contributed by atoms with Crippen molar-refractivity contribution in [3.63, 3.8) is 0 Å². The quantitative estimate of drug-likeness (QED) is 0.832. The molecule has 0 radical (unpaired) electrons. The van der Waals surface area contributed by atoms with Crippen LogP contribution in [0.3, 0.4) is 0 Å². The molecule has 0 fully saturated rings. The summed E-state index contributed by atoms with van der Waals surface area (Å²) in [5.41, 5.74) is 3.44. The lowest BCUT2D eigenvalue weighted by Crippen LogP contribution is -2.38. The predicted molar refractivity (Wildman–Crippen MR) is 95.0 cm³/mol. The third-order valence-corrected chi connectivity index (χ3v) is 4.95. The molecular formula is C18H28N6O. The minimum absolute atomic E-state index is 0.183. The fourth-order valence-corrected chi connectivity index (χ4v) is 3.53. The minimum atomic E-state index is 0.183. The van der Waals surface area contributed by atoms with Crippen molar-refractivity contribution >= 4 is 5.91 Å². The van der Waals surface area contributed by atoms with Crippen molar-refractivity contribution in [1.29, 1.82) is 0 Å². The van der Waals surface area contributed by atoms with Gasteiger partial charge in [-0.15, -0.1) is 10.2 Å². The normalized spacial score (nSPS) is 14.2. The molecule has 0 N–H and O–H groups in total. The van der Waals surface area contributed by atoms with Crippen LogP contribution in [0.2, 0.25) is 0 Å². The van der Waals surface area contributed by atoms with Crippen LogP contribution in [0.4, 0.5) is 0 Å². The van der Waals surface area contributed by atoms with Crippen LogP contribution in [0, 0.1) is 26.7 Å². The molecule has 25 heavy (non-hydrogen) atoms. The second kappa shape index (κ2) is 6.98. The van der Waals surface area contributed by atoms with Crippen molar-refractivity contribution in [1.82, 2.24) is 29.4 Å². The molecule has 0 aliphatic carbocycles. The molecule has 7 nitrogen and oxygen atoms in total. The highest BCUT2D eigenvalue weighted by molar-refractivity contribution is 5.76. The number of rotatable bonds is 5. The summed E-state index contributed by atoms with van der Waals surface area (Å²) >= 11 is 0. The maximum absolute atomic E-state index is 12.6. The number of aryl methyl sites for hydroxylation is 2. The second-order valence-corrected chi connectivity index (χ2v) is 7.36. The fourth-order valence-electron chi connectivity index (χ4n) is 3.53. The van der Waals surface area contributed by atoms with Gasteiger partial charge in [0, 0.05) is 31.7 Å². The van der Waals surface area contributed by atoms with E-state index in [0.29, 0.717) is 18.9 Å². The van der Waals surface area contributed by atoms with Gasteiger partial charge in [-0.05, 0) is 38.7 Å². The van der Waals surface area contributed by atoms with E-state index in [1.165, 1.54) is 11.3 Å². The molecule has 0 saturated carbocycles. The SMILES string of the molecule is Cc1nn(CC(C)C)c(C)c1CCC(=O)N1CCn2c(C)nnc2C1. The van der Waals surface area contributed by atoms with E-state index in [4.69, 9.17) is 0 Å². The van der Waals surface area contributed by atoms with E-state index in [1.54, 1.807) is 0 Å². The summed E-state index contributed by atoms with van der Waals surface area (Å²) in [4.78, 5) is 14.5. The monoisotopic (exact) mass is 344 g/mol. The molecule has 1 aliphatic heterocycles. The van der Waals surface area contributed by atoms with Gasteiger partial charge in [0.15, 0.2) is 5.82 Å². The topological polar surface area (TPSA) is 68.8 Å². The maximum atomic E-state index is 12.6. The molecule has 1 aliphatic rings. The summed E-state index contributed by atoms with van der Waals surface area (Å²) in [6, 6.07) is 0. The molecule has 1 amide bonds. The molecule has 3 heterocycles. The summed E-state index contributed by atoms with van der Waals surface area (Å²) in [6.07, 6.45) is 1.26. The van der Waals surface area contributed by atoms with Gasteiger partial charge >= 0.3 is 0 Å². The third kappa shape index (κ3) is 3.60. The van der Waals surface area contributed by atoms with Gasteiger partial charge in [-0.25, -0.2) is 0 Å². The first-order valence-corrected chi connectivity index (χ1v) is 9.06. The van der Waals surface area contributed by atoms with E-state index >= 15 is 0 Å². The first kappa shape index (κ1) is 17.6. The van der Waals surface area contributed by atoms with Gasteiger partial charge in [-0.2, -0.15) is 5.10 Å². The molecule has 3 rings (SSSR count). The third-order valence-electron chi connectivity index (χ3n) is 4.95. The Labute approximate surface area is 149 Å². The molecule has 0 atom stereocenters. The smallest absolute Gasteiger partial charge is 0.223 e. The van der Waals surface area contributed by atoms with Gasteiger partial charge < -0.3 is 9.47 Å². The highest BCUT2D eigenvalue weighted by Gasteiger charge is 2.23. The van der Waals surface area contributed by atoms with Crippen LogP contribution >= 0.6 is 0 Å². The summed E-state index contributed by atoms with van der Waals surface area (Å²) < 4.78 is 4.17. The maximum Gasteiger partial charge on any atom is 0.223 e. The zero-order chi connectivity index (χ0) is 18.1. The number of fused-ring (bicyclic) bond motifs is 1. The molecule has 136 valence electrons. The Hall–Kier alpha value is -2.18. The Bertz CT molecular complexity index is 773. The molecule has 0 unspecified atom stereocenters. The summed E-state index contributed by atoms with van der Waals surface area (Å²) in [5.74, 6) is 2.55. The van der Waals surface area contributed by atoms with Gasteiger partial charge in [-0.1, -0.05) is 13.8 Å². The lowest BCUT2D eigenvalue weighted by molar-refractivity contribution is -0.132. The zero-order valence-electron chi connectivity index (χ0n) is 15.9. The Morgan fingerprint density at radius 2 is 1.92 bits per heavy atom. The van der Waals surface area contributed by atoms with Crippen molar-refractivity contribution in [3.05, 3.63) is 28.6 Å². The Kier molecular flexibility index (Phi) is 4.92. The van der Waals surface area contributed by atoms with Crippen molar-refractivity contribution in [3.8, 4) is 0 Å². The van der Waals surface area contributed by atoms with E-state index in [9.17, 15) is 4.79 Å². The van der Waals surface area contributed by atoms with E-state index in [-0.39, 0.29) is 5.91 Å². The van der Waals surface area contributed by atoms with E-state index in [2.05, 4.69) is 45.3 Å². The van der Waals surface area contributed by atoms with E-state index in [1.807, 2.05) is 18.7 Å². The van der Waals surface area contributed by atoms with Crippen LogP contribution in [0.25, 0.3) is 0 Å². The molecular weight excluding hydrogens is 316 g/mol. The molecule has 2 aromatic rings. The van der Waals surface area contributed by atoms with Gasteiger partial charge in [0.2, 0.25) is 5.91 Å². The number of hydrogen-bond acceptors (Lipinski definition) is 4. The fraction of sp³-hybridized carbons (Fsp3) is 0.667. The number of carbonyl (C=O) groups excluding carboxylic acids is 1. The van der Waals surface area contributed by atoms with Gasteiger partial charge in [0.05, 0.1) is 12.2 Å². The van der Waals surface area contributed by atoms with Crippen LogP contribution in [0.15, 0.2) is 0 Å². The number of hydrogen-bond donors (Lipinski definition) is 0. The largest absolute Gasteiger partial charge is 0.333 e. The Morgan fingerprint density at radius 3 is 2.64 bits per heavy atom. The van der Waals surface area contributed by atoms with Crippen LogP contribution in [0.5, 0.6) is 0 Å². The van der Waals surface area contributed by atoms with Crippen molar-refractivity contribution in [2.24, 2.45) is 5.92 Å². The zero-order valence-corrected chi connectivity index (χ0v) is 15.9. The van der Waals surface area contributed by atoms with Crippen LogP contribution in [-0.4, -0.2) is 41.9 Å². The van der Waals surface area contributed by atoms with Crippen LogP contribution < -0.4 is 0 Å². The number of carbonyl (C=O) groups is 1. The number of aromatic nitrogens is 5. The highest BCUT2D eigenvalue weighted by atomic mass is 16.2. The van der Waals surface area contributed by atoms with Crippen molar-refractivity contribution in [2.75, 3.05) is 6.54 Å². The van der Waals surface area contributed by atoms with Crippen LogP contribution in [-0.2, 0) is 30.8 Å². The predicted octanol–water partition coefficient (Wildman–Crippen LogP) is 2.03. The van der Waals surface area contributed by atoms with Crippen molar-refractivity contribution < 1.29 is 4.79 Å². The lowest BCUT2D eigenvalue weighted by Gasteiger charge is -2.27. The van der Waals surface area contributed by atoms with E-state index in [0.717, 1.165) is 43.4 Å². The Morgan fingerprint density at radius 1 is 1.16 bits per heavy atom. The first-order chi connectivity index (χ1) is 11.9. The average Bonchev–Trinajstić information content (AvgIpc) is 3.05. The molecule has 0 aromatic carbocycles. The highest BCUT2D eigenvalue weighted by Crippen LogP contribution is 2.18. The molecule has 0 bridgehead atoms.